The van der Waals surface area contributed by atoms with Gasteiger partial charge in [0.05, 0.1) is 11.3 Å². The summed E-state index contributed by atoms with van der Waals surface area (Å²) in [6, 6.07) is 1.26. The van der Waals surface area contributed by atoms with Crippen molar-refractivity contribution in [3.63, 3.8) is 0 Å². The van der Waals surface area contributed by atoms with Crippen molar-refractivity contribution in [3.8, 4) is 0 Å². The molecule has 0 radical (unpaired) electrons. The van der Waals surface area contributed by atoms with Crippen LogP contribution in [0.1, 0.15) is 29.6 Å². The quantitative estimate of drug-likeness (QED) is 0.794. The monoisotopic (exact) mass is 298 g/mol. The maximum absolute atomic E-state index is 13.2. The molecule has 3 N–H and O–H groups in total. The number of rotatable bonds is 4. The second kappa shape index (κ2) is 6.62. The van der Waals surface area contributed by atoms with Crippen molar-refractivity contribution >= 4 is 17.6 Å². The van der Waals surface area contributed by atoms with Gasteiger partial charge in [-0.3, -0.25) is 4.79 Å². The minimum atomic E-state index is -1.43. The molecule has 21 heavy (non-hydrogen) atoms. The fraction of sp³-hybridized carbons (Fsp3) is 0.429. The molecular formula is C14H16F2N2O3. The lowest BCUT2D eigenvalue weighted by Gasteiger charge is -2.22. The van der Waals surface area contributed by atoms with Crippen LogP contribution >= 0.6 is 0 Å². The molecule has 0 saturated carbocycles. The van der Waals surface area contributed by atoms with Crippen molar-refractivity contribution in [1.29, 1.82) is 0 Å². The normalized spacial score (nSPS) is 18.3. The second-order valence-corrected chi connectivity index (χ2v) is 5.08. The van der Waals surface area contributed by atoms with E-state index in [-0.39, 0.29) is 18.0 Å². The van der Waals surface area contributed by atoms with Gasteiger partial charge in [0.2, 0.25) is 5.91 Å². The van der Waals surface area contributed by atoms with E-state index in [1.165, 1.54) is 0 Å². The standard InChI is InChI=1S/C14H16F2N2O3/c15-10-5-9(14(20)21)12(6-11(10)16)18-13(19)4-8-2-1-3-17-7-8/h5-6,8,17H,1-4,7H2,(H,18,19)(H,20,21). The Morgan fingerprint density at radius 1 is 1.33 bits per heavy atom. The van der Waals surface area contributed by atoms with Crippen molar-refractivity contribution in [2.75, 3.05) is 18.4 Å². The van der Waals surface area contributed by atoms with E-state index in [2.05, 4.69) is 10.6 Å². The molecule has 114 valence electrons. The SMILES string of the molecule is O=C(CC1CCCNC1)Nc1cc(F)c(F)cc1C(=O)O. The fourth-order valence-electron chi connectivity index (χ4n) is 2.39. The molecule has 2 rings (SSSR count). The number of amides is 1. The number of anilines is 1. The van der Waals surface area contributed by atoms with Crippen LogP contribution in [0.2, 0.25) is 0 Å². The Morgan fingerprint density at radius 2 is 2.05 bits per heavy atom. The number of carboxylic acid groups (broad SMARTS) is 1. The third-order valence-electron chi connectivity index (χ3n) is 3.44. The average Bonchev–Trinajstić information content (AvgIpc) is 2.43. The summed E-state index contributed by atoms with van der Waals surface area (Å²) in [6.45, 7) is 1.64. The zero-order chi connectivity index (χ0) is 15.4. The molecule has 1 aromatic carbocycles. The Balaban J connectivity index is 2.09. The van der Waals surface area contributed by atoms with Gasteiger partial charge >= 0.3 is 5.97 Å². The third-order valence-corrected chi connectivity index (χ3v) is 3.44. The van der Waals surface area contributed by atoms with Crippen molar-refractivity contribution < 1.29 is 23.5 Å². The average molecular weight is 298 g/mol. The Morgan fingerprint density at radius 3 is 2.67 bits per heavy atom. The van der Waals surface area contributed by atoms with Crippen molar-refractivity contribution in [2.24, 2.45) is 5.92 Å². The van der Waals surface area contributed by atoms with Gasteiger partial charge in [0.15, 0.2) is 11.6 Å². The largest absolute Gasteiger partial charge is 0.478 e. The molecule has 7 heteroatoms. The van der Waals surface area contributed by atoms with Crippen LogP contribution in [0.3, 0.4) is 0 Å². The Hall–Kier alpha value is -2.02. The lowest BCUT2D eigenvalue weighted by molar-refractivity contribution is -0.117. The summed E-state index contributed by atoms with van der Waals surface area (Å²) in [6.07, 6.45) is 2.10. The van der Waals surface area contributed by atoms with Crippen LogP contribution in [-0.4, -0.2) is 30.1 Å². The van der Waals surface area contributed by atoms with Gasteiger partial charge in [-0.1, -0.05) is 0 Å². The smallest absolute Gasteiger partial charge is 0.337 e. The van der Waals surface area contributed by atoms with Gasteiger partial charge in [-0.15, -0.1) is 0 Å². The van der Waals surface area contributed by atoms with E-state index in [4.69, 9.17) is 5.11 Å². The number of nitrogens with one attached hydrogen (secondary N) is 2. The highest BCUT2D eigenvalue weighted by atomic mass is 19.2. The van der Waals surface area contributed by atoms with E-state index < -0.39 is 29.1 Å². The van der Waals surface area contributed by atoms with Crippen molar-refractivity contribution in [1.82, 2.24) is 5.32 Å². The molecule has 1 amide bonds. The van der Waals surface area contributed by atoms with Crippen molar-refractivity contribution in [3.05, 3.63) is 29.3 Å². The lowest BCUT2D eigenvalue weighted by atomic mass is 9.96. The van der Waals surface area contributed by atoms with Gasteiger partial charge < -0.3 is 15.7 Å². The first-order chi connectivity index (χ1) is 9.97. The summed E-state index contributed by atoms with van der Waals surface area (Å²) in [4.78, 5) is 22.9. The molecule has 0 spiro atoms. The molecule has 0 aromatic heterocycles. The van der Waals surface area contributed by atoms with Gasteiger partial charge in [0.25, 0.3) is 0 Å². The highest BCUT2D eigenvalue weighted by Gasteiger charge is 2.20. The summed E-state index contributed by atoms with van der Waals surface area (Å²) in [7, 11) is 0. The number of carbonyl (C=O) groups is 2. The molecule has 1 aliphatic heterocycles. The summed E-state index contributed by atoms with van der Waals surface area (Å²) < 4.78 is 26.3. The van der Waals surface area contributed by atoms with Crippen LogP contribution in [0.15, 0.2) is 12.1 Å². The molecule has 1 saturated heterocycles. The van der Waals surface area contributed by atoms with E-state index >= 15 is 0 Å². The first-order valence-electron chi connectivity index (χ1n) is 6.70. The summed E-state index contributed by atoms with van der Waals surface area (Å²) in [5.41, 5.74) is -0.695. The molecular weight excluding hydrogens is 282 g/mol. The number of hydrogen-bond donors (Lipinski definition) is 3. The van der Waals surface area contributed by atoms with E-state index in [0.29, 0.717) is 12.1 Å². The minimum absolute atomic E-state index is 0.164. The van der Waals surface area contributed by atoms with Crippen LogP contribution in [0.5, 0.6) is 0 Å². The van der Waals surface area contributed by atoms with Gasteiger partial charge in [0, 0.05) is 12.5 Å². The van der Waals surface area contributed by atoms with Crippen LogP contribution in [0.4, 0.5) is 14.5 Å². The highest BCUT2D eigenvalue weighted by Crippen LogP contribution is 2.22. The van der Waals surface area contributed by atoms with Gasteiger partial charge in [0.1, 0.15) is 0 Å². The molecule has 1 unspecified atom stereocenters. The Bertz CT molecular complexity index is 557. The topological polar surface area (TPSA) is 78.4 Å². The zero-order valence-corrected chi connectivity index (χ0v) is 11.3. The predicted octanol–water partition coefficient (Wildman–Crippen LogP) is 1.99. The molecule has 1 aliphatic rings. The molecule has 0 bridgehead atoms. The van der Waals surface area contributed by atoms with Gasteiger partial charge in [-0.05, 0) is 37.9 Å². The Labute approximate surface area is 120 Å². The summed E-state index contributed by atoms with van der Waals surface area (Å²) in [5.74, 6) is -4.13. The van der Waals surface area contributed by atoms with E-state index in [1.54, 1.807) is 0 Å². The maximum atomic E-state index is 13.2. The number of benzene rings is 1. The minimum Gasteiger partial charge on any atom is -0.478 e. The van der Waals surface area contributed by atoms with E-state index in [0.717, 1.165) is 25.9 Å². The molecule has 1 fully saturated rings. The molecule has 5 nitrogen and oxygen atoms in total. The summed E-state index contributed by atoms with van der Waals surface area (Å²) >= 11 is 0. The number of carbonyl (C=O) groups excluding carboxylic acids is 1. The zero-order valence-electron chi connectivity index (χ0n) is 11.3. The fourth-order valence-corrected chi connectivity index (χ4v) is 2.39. The second-order valence-electron chi connectivity index (χ2n) is 5.08. The highest BCUT2D eigenvalue weighted by molar-refractivity contribution is 6.00. The number of aromatic carboxylic acids is 1. The number of halogens is 2. The van der Waals surface area contributed by atoms with Gasteiger partial charge in [-0.2, -0.15) is 0 Å². The lowest BCUT2D eigenvalue weighted by Crippen LogP contribution is -2.32. The van der Waals surface area contributed by atoms with Crippen LogP contribution in [0, 0.1) is 17.6 Å². The maximum Gasteiger partial charge on any atom is 0.337 e. The predicted molar refractivity (Wildman–Crippen MR) is 72.2 cm³/mol. The number of carboxylic acids is 1. The molecule has 1 heterocycles. The van der Waals surface area contributed by atoms with E-state index in [1.807, 2.05) is 0 Å². The van der Waals surface area contributed by atoms with Gasteiger partial charge in [-0.25, -0.2) is 13.6 Å². The van der Waals surface area contributed by atoms with Crippen molar-refractivity contribution in [2.45, 2.75) is 19.3 Å². The van der Waals surface area contributed by atoms with Crippen LogP contribution in [-0.2, 0) is 4.79 Å². The van der Waals surface area contributed by atoms with Crippen LogP contribution in [0.25, 0.3) is 0 Å². The molecule has 1 atom stereocenters. The third kappa shape index (κ3) is 3.98. The molecule has 1 aromatic rings. The summed E-state index contributed by atoms with van der Waals surface area (Å²) in [5, 5.41) is 14.5. The first kappa shape index (κ1) is 15.4. The number of piperidine rings is 1. The first-order valence-corrected chi connectivity index (χ1v) is 6.70. The number of hydrogen-bond acceptors (Lipinski definition) is 3. The van der Waals surface area contributed by atoms with Crippen LogP contribution < -0.4 is 10.6 Å². The molecule has 0 aliphatic carbocycles. The Kier molecular flexibility index (Phi) is 4.85. The van der Waals surface area contributed by atoms with E-state index in [9.17, 15) is 18.4 Å².